The summed E-state index contributed by atoms with van der Waals surface area (Å²) in [5, 5.41) is 8.30. The van der Waals surface area contributed by atoms with Gasteiger partial charge in [0.05, 0.1) is 18.2 Å². The standard InChI is InChI=1S/C23H23N3O3S2/c1-12-7-8-15-18(9-12)31-22(19(15)20(24)27)26-23(30)25-21(28)16-10-13-5-3-4-6-14(13)11-17(16)29-2/h3-6,10-12H,7-9H2,1-2H3,(H2,24,27)(H2,25,26,28,30). The largest absolute Gasteiger partial charge is 0.496 e. The Bertz CT molecular complexity index is 1200. The molecule has 0 fully saturated rings. The Kier molecular flexibility index (Phi) is 5.93. The van der Waals surface area contributed by atoms with Crippen LogP contribution in [-0.2, 0) is 12.8 Å². The zero-order valence-corrected chi connectivity index (χ0v) is 18.9. The first-order valence-electron chi connectivity index (χ1n) is 10.0. The zero-order chi connectivity index (χ0) is 22.1. The van der Waals surface area contributed by atoms with E-state index in [0.29, 0.717) is 27.8 Å². The van der Waals surface area contributed by atoms with Gasteiger partial charge in [-0.2, -0.15) is 0 Å². The lowest BCUT2D eigenvalue weighted by Crippen LogP contribution is -2.34. The van der Waals surface area contributed by atoms with E-state index in [2.05, 4.69) is 17.6 Å². The predicted octanol–water partition coefficient (Wildman–Crippen LogP) is 4.26. The number of hydrogen-bond acceptors (Lipinski definition) is 5. The van der Waals surface area contributed by atoms with Crippen molar-refractivity contribution in [1.29, 1.82) is 0 Å². The van der Waals surface area contributed by atoms with E-state index in [4.69, 9.17) is 22.7 Å². The summed E-state index contributed by atoms with van der Waals surface area (Å²) in [5.41, 5.74) is 7.51. The van der Waals surface area contributed by atoms with Crippen LogP contribution in [0, 0.1) is 5.92 Å². The first kappa shape index (κ1) is 21.3. The molecule has 1 atom stereocenters. The molecule has 1 aromatic heterocycles. The lowest BCUT2D eigenvalue weighted by atomic mass is 9.88. The zero-order valence-electron chi connectivity index (χ0n) is 17.3. The Balaban J connectivity index is 1.56. The molecule has 8 heteroatoms. The van der Waals surface area contributed by atoms with E-state index in [9.17, 15) is 9.59 Å². The molecule has 3 aromatic rings. The first-order chi connectivity index (χ1) is 14.9. The number of primary amides is 1. The topological polar surface area (TPSA) is 93.4 Å². The number of ether oxygens (including phenoxy) is 1. The van der Waals surface area contributed by atoms with Gasteiger partial charge in [0.25, 0.3) is 11.8 Å². The molecule has 160 valence electrons. The number of thiophene rings is 1. The Hall–Kier alpha value is -2.97. The van der Waals surface area contributed by atoms with Crippen molar-refractivity contribution in [3.05, 3.63) is 58.0 Å². The summed E-state index contributed by atoms with van der Waals surface area (Å²) in [5.74, 6) is 0.139. The van der Waals surface area contributed by atoms with Crippen molar-refractivity contribution < 1.29 is 14.3 Å². The summed E-state index contributed by atoms with van der Waals surface area (Å²) in [6.07, 6.45) is 2.75. The van der Waals surface area contributed by atoms with Crippen LogP contribution in [0.25, 0.3) is 10.8 Å². The summed E-state index contributed by atoms with van der Waals surface area (Å²) in [6, 6.07) is 11.3. The maximum absolute atomic E-state index is 12.9. The number of anilines is 1. The van der Waals surface area contributed by atoms with Crippen LogP contribution in [0.4, 0.5) is 5.00 Å². The second kappa shape index (κ2) is 8.64. The third kappa shape index (κ3) is 4.26. The number of rotatable bonds is 4. The number of carbonyl (C=O) groups is 2. The fraction of sp³-hybridized carbons (Fsp3) is 0.261. The van der Waals surface area contributed by atoms with Gasteiger partial charge in [-0.15, -0.1) is 11.3 Å². The molecule has 31 heavy (non-hydrogen) atoms. The van der Waals surface area contributed by atoms with E-state index in [0.717, 1.165) is 40.5 Å². The van der Waals surface area contributed by atoms with Crippen LogP contribution in [0.1, 0.15) is 44.5 Å². The first-order valence-corrected chi connectivity index (χ1v) is 11.2. The molecule has 0 radical (unpaired) electrons. The van der Waals surface area contributed by atoms with Crippen LogP contribution >= 0.6 is 23.6 Å². The van der Waals surface area contributed by atoms with E-state index in [1.54, 1.807) is 6.07 Å². The number of carbonyl (C=O) groups excluding carboxylic acids is 2. The van der Waals surface area contributed by atoms with Crippen molar-refractivity contribution in [2.75, 3.05) is 12.4 Å². The van der Waals surface area contributed by atoms with Crippen LogP contribution in [-0.4, -0.2) is 24.0 Å². The van der Waals surface area contributed by atoms with E-state index in [-0.39, 0.29) is 5.11 Å². The summed E-state index contributed by atoms with van der Waals surface area (Å²) in [4.78, 5) is 26.2. The van der Waals surface area contributed by atoms with Crippen molar-refractivity contribution in [2.45, 2.75) is 26.2 Å². The Labute approximate surface area is 189 Å². The van der Waals surface area contributed by atoms with Gasteiger partial charge in [0.15, 0.2) is 5.11 Å². The number of nitrogens with two attached hydrogens (primary N) is 1. The van der Waals surface area contributed by atoms with Crippen LogP contribution in [0.3, 0.4) is 0 Å². The molecule has 4 rings (SSSR count). The number of hydrogen-bond donors (Lipinski definition) is 3. The van der Waals surface area contributed by atoms with Crippen molar-refractivity contribution in [3.63, 3.8) is 0 Å². The summed E-state index contributed by atoms with van der Waals surface area (Å²) < 4.78 is 5.41. The van der Waals surface area contributed by atoms with Gasteiger partial charge in [0, 0.05) is 4.88 Å². The van der Waals surface area contributed by atoms with Gasteiger partial charge in [-0.1, -0.05) is 31.2 Å². The van der Waals surface area contributed by atoms with Gasteiger partial charge in [0.1, 0.15) is 10.8 Å². The summed E-state index contributed by atoms with van der Waals surface area (Å²) in [6.45, 7) is 2.20. The second-order valence-corrected chi connectivity index (χ2v) is 9.24. The average molecular weight is 454 g/mol. The maximum atomic E-state index is 12.9. The van der Waals surface area contributed by atoms with Crippen LogP contribution in [0.2, 0.25) is 0 Å². The molecule has 1 aliphatic carbocycles. The summed E-state index contributed by atoms with van der Waals surface area (Å²) >= 11 is 6.85. The molecule has 2 aromatic carbocycles. The van der Waals surface area contributed by atoms with E-state index in [1.165, 1.54) is 18.4 Å². The highest BCUT2D eigenvalue weighted by Gasteiger charge is 2.27. The minimum atomic E-state index is -0.486. The van der Waals surface area contributed by atoms with Gasteiger partial charge in [-0.25, -0.2) is 0 Å². The molecular weight excluding hydrogens is 430 g/mol. The molecule has 0 aliphatic heterocycles. The lowest BCUT2D eigenvalue weighted by molar-refractivity contribution is 0.0973. The van der Waals surface area contributed by atoms with Gasteiger partial charge < -0.3 is 15.8 Å². The SMILES string of the molecule is COc1cc2ccccc2cc1C(=O)NC(=S)Nc1sc2c(c1C(N)=O)CCC(C)C2. The molecular formula is C23H23N3O3S2. The van der Waals surface area contributed by atoms with Crippen LogP contribution in [0.15, 0.2) is 36.4 Å². The molecule has 0 saturated carbocycles. The van der Waals surface area contributed by atoms with Gasteiger partial charge >= 0.3 is 0 Å². The Morgan fingerprint density at radius 3 is 2.61 bits per heavy atom. The highest BCUT2D eigenvalue weighted by Crippen LogP contribution is 2.39. The van der Waals surface area contributed by atoms with Crippen molar-refractivity contribution in [3.8, 4) is 5.75 Å². The fourth-order valence-electron chi connectivity index (χ4n) is 3.97. The quantitative estimate of drug-likeness (QED) is 0.513. The molecule has 4 N–H and O–H groups in total. The molecule has 1 heterocycles. The molecule has 0 spiro atoms. The maximum Gasteiger partial charge on any atom is 0.261 e. The molecule has 0 bridgehead atoms. The highest BCUT2D eigenvalue weighted by molar-refractivity contribution is 7.80. The number of thiocarbonyl (C=S) groups is 1. The van der Waals surface area contributed by atoms with Gasteiger partial charge in [-0.05, 0) is 65.9 Å². The third-order valence-corrected chi connectivity index (χ3v) is 6.90. The number of methoxy groups -OCH3 is 1. The number of benzene rings is 2. The number of fused-ring (bicyclic) bond motifs is 2. The minimum Gasteiger partial charge on any atom is -0.496 e. The van der Waals surface area contributed by atoms with Crippen LogP contribution < -0.4 is 21.1 Å². The molecule has 6 nitrogen and oxygen atoms in total. The monoisotopic (exact) mass is 453 g/mol. The predicted molar refractivity (Wildman–Crippen MR) is 128 cm³/mol. The molecule has 1 unspecified atom stereocenters. The van der Waals surface area contributed by atoms with Crippen molar-refractivity contribution in [1.82, 2.24) is 5.32 Å². The lowest BCUT2D eigenvalue weighted by Gasteiger charge is -2.18. The summed E-state index contributed by atoms with van der Waals surface area (Å²) in [7, 11) is 1.52. The fourth-order valence-corrected chi connectivity index (χ4v) is 5.65. The highest BCUT2D eigenvalue weighted by atomic mass is 32.1. The van der Waals surface area contributed by atoms with Crippen molar-refractivity contribution >= 4 is 56.3 Å². The molecule has 1 aliphatic rings. The van der Waals surface area contributed by atoms with E-state index >= 15 is 0 Å². The Morgan fingerprint density at radius 2 is 1.94 bits per heavy atom. The molecule has 0 saturated heterocycles. The van der Waals surface area contributed by atoms with E-state index < -0.39 is 11.8 Å². The average Bonchev–Trinajstić information content (AvgIpc) is 3.09. The second-order valence-electron chi connectivity index (χ2n) is 7.73. The number of nitrogens with one attached hydrogen (secondary N) is 2. The smallest absolute Gasteiger partial charge is 0.261 e. The third-order valence-electron chi connectivity index (χ3n) is 5.52. The van der Waals surface area contributed by atoms with Crippen molar-refractivity contribution in [2.24, 2.45) is 11.7 Å². The minimum absolute atomic E-state index is 0.106. The number of amides is 2. The Morgan fingerprint density at radius 1 is 1.23 bits per heavy atom. The normalized spacial score (nSPS) is 15.2. The van der Waals surface area contributed by atoms with E-state index in [1.807, 2.05) is 30.3 Å². The molecule has 2 amide bonds. The van der Waals surface area contributed by atoms with Crippen LogP contribution in [0.5, 0.6) is 5.75 Å². The van der Waals surface area contributed by atoms with Gasteiger partial charge in [-0.3, -0.25) is 14.9 Å². The van der Waals surface area contributed by atoms with Gasteiger partial charge in [0.2, 0.25) is 0 Å².